The first-order valence-corrected chi connectivity index (χ1v) is 7.59. The third-order valence-corrected chi connectivity index (χ3v) is 5.26. The molecule has 0 saturated heterocycles. The number of aliphatic carboxylic acids is 1. The van der Waals surface area contributed by atoms with Crippen molar-refractivity contribution < 1.29 is 19.5 Å². The van der Waals surface area contributed by atoms with Gasteiger partial charge in [0.25, 0.3) is 5.91 Å². The molecule has 0 spiro atoms. The molecule has 1 saturated carbocycles. The molecule has 0 radical (unpaired) electrons. The van der Waals surface area contributed by atoms with Crippen LogP contribution >= 0.6 is 0 Å². The predicted octanol–water partition coefficient (Wildman–Crippen LogP) is 1.97. The fourth-order valence-electron chi connectivity index (χ4n) is 3.22. The van der Waals surface area contributed by atoms with Gasteiger partial charge in [0.15, 0.2) is 0 Å². The van der Waals surface area contributed by atoms with Crippen molar-refractivity contribution in [1.82, 2.24) is 10.9 Å². The van der Waals surface area contributed by atoms with Crippen LogP contribution in [0.4, 0.5) is 0 Å². The molecule has 1 aromatic rings. The molecule has 1 aliphatic carbocycles. The lowest BCUT2D eigenvalue weighted by atomic mass is 9.65. The number of carbonyl (C=O) groups is 3. The summed E-state index contributed by atoms with van der Waals surface area (Å²) in [5.74, 6) is -2.58. The van der Waals surface area contributed by atoms with Gasteiger partial charge in [-0.15, -0.1) is 0 Å². The van der Waals surface area contributed by atoms with Crippen LogP contribution in [-0.4, -0.2) is 22.9 Å². The molecule has 0 bridgehead atoms. The molecule has 1 aromatic carbocycles. The fraction of sp³-hybridized carbons (Fsp3) is 0.471. The van der Waals surface area contributed by atoms with Gasteiger partial charge < -0.3 is 5.11 Å². The van der Waals surface area contributed by atoms with E-state index in [9.17, 15) is 19.5 Å². The first-order valence-electron chi connectivity index (χ1n) is 7.59. The average Bonchev–Trinajstić information content (AvgIpc) is 2.77. The Bertz CT molecular complexity index is 627. The summed E-state index contributed by atoms with van der Waals surface area (Å²) in [6.45, 7) is 5.32. The molecule has 0 aromatic heterocycles. The highest BCUT2D eigenvalue weighted by molar-refractivity contribution is 5.96. The van der Waals surface area contributed by atoms with Crippen molar-refractivity contribution in [2.24, 2.45) is 16.7 Å². The number of hydrogen-bond acceptors (Lipinski definition) is 3. The van der Waals surface area contributed by atoms with Gasteiger partial charge in [-0.05, 0) is 37.3 Å². The quantitative estimate of drug-likeness (QED) is 0.743. The second-order valence-corrected chi connectivity index (χ2v) is 6.79. The Balaban J connectivity index is 2.06. The number of hydrogen-bond donors (Lipinski definition) is 3. The maximum Gasteiger partial charge on any atom is 0.310 e. The summed E-state index contributed by atoms with van der Waals surface area (Å²) < 4.78 is 0. The van der Waals surface area contributed by atoms with Gasteiger partial charge in [-0.25, -0.2) is 0 Å². The summed E-state index contributed by atoms with van der Waals surface area (Å²) in [5.41, 5.74) is 3.47. The van der Waals surface area contributed by atoms with E-state index in [1.807, 2.05) is 13.8 Å². The molecule has 3 N–H and O–H groups in total. The molecule has 0 heterocycles. The van der Waals surface area contributed by atoms with Gasteiger partial charge in [0.2, 0.25) is 5.91 Å². The number of carbonyl (C=O) groups excluding carboxylic acids is 2. The average molecular weight is 318 g/mol. The van der Waals surface area contributed by atoms with Crippen LogP contribution in [0.1, 0.15) is 44.0 Å². The molecule has 2 rings (SSSR count). The Morgan fingerprint density at radius 1 is 1.09 bits per heavy atom. The minimum Gasteiger partial charge on any atom is -0.481 e. The fourth-order valence-corrected chi connectivity index (χ4v) is 3.22. The minimum atomic E-state index is -1.17. The summed E-state index contributed by atoms with van der Waals surface area (Å²) in [6, 6.07) is 8.48. The highest BCUT2D eigenvalue weighted by Gasteiger charge is 2.59. The lowest BCUT2D eigenvalue weighted by Crippen LogP contribution is -2.51. The van der Waals surface area contributed by atoms with Gasteiger partial charge in [-0.2, -0.15) is 0 Å². The largest absolute Gasteiger partial charge is 0.481 e. The van der Waals surface area contributed by atoms with E-state index in [4.69, 9.17) is 0 Å². The first-order chi connectivity index (χ1) is 10.7. The van der Waals surface area contributed by atoms with E-state index in [-0.39, 0.29) is 0 Å². The maximum atomic E-state index is 12.4. The first kappa shape index (κ1) is 17.0. The van der Waals surface area contributed by atoms with Crippen LogP contribution in [-0.2, 0) is 9.59 Å². The topological polar surface area (TPSA) is 95.5 Å². The monoisotopic (exact) mass is 318 g/mol. The van der Waals surface area contributed by atoms with E-state index in [0.29, 0.717) is 18.4 Å². The number of carboxylic acids is 1. The normalized spacial score (nSPS) is 25.6. The van der Waals surface area contributed by atoms with Crippen LogP contribution in [0.3, 0.4) is 0 Å². The summed E-state index contributed by atoms with van der Waals surface area (Å²) >= 11 is 0. The second-order valence-electron chi connectivity index (χ2n) is 6.79. The summed E-state index contributed by atoms with van der Waals surface area (Å²) in [7, 11) is 0. The van der Waals surface area contributed by atoms with Crippen molar-refractivity contribution in [3.63, 3.8) is 0 Å². The van der Waals surface area contributed by atoms with Crippen molar-refractivity contribution in [2.45, 2.75) is 33.6 Å². The highest BCUT2D eigenvalue weighted by Crippen LogP contribution is 2.56. The van der Waals surface area contributed by atoms with E-state index < -0.39 is 34.5 Å². The third-order valence-electron chi connectivity index (χ3n) is 5.26. The zero-order valence-electron chi connectivity index (χ0n) is 13.6. The molecule has 1 fully saturated rings. The van der Waals surface area contributed by atoms with Gasteiger partial charge in [-0.3, -0.25) is 25.2 Å². The molecule has 6 nitrogen and oxygen atoms in total. The minimum absolute atomic E-state index is 0.417. The lowest BCUT2D eigenvalue weighted by Gasteiger charge is -2.37. The zero-order chi connectivity index (χ0) is 17.3. The molecule has 1 aliphatic rings. The summed E-state index contributed by atoms with van der Waals surface area (Å²) in [5, 5.41) is 9.62. The smallest absolute Gasteiger partial charge is 0.310 e. The number of nitrogens with one attached hydrogen (secondary N) is 2. The molecular weight excluding hydrogens is 296 g/mol. The van der Waals surface area contributed by atoms with E-state index in [1.54, 1.807) is 37.3 Å². The number of rotatable bonds is 3. The van der Waals surface area contributed by atoms with Crippen molar-refractivity contribution in [3.8, 4) is 0 Å². The number of carboxylic acid groups (broad SMARTS) is 1. The Morgan fingerprint density at radius 2 is 1.70 bits per heavy atom. The maximum absolute atomic E-state index is 12.4. The SMILES string of the molecule is CC1(C)CCC(C(=O)NNC(=O)c2ccccc2)C1(C)C(=O)O. The molecule has 0 aliphatic heterocycles. The van der Waals surface area contributed by atoms with Crippen LogP contribution in [0.25, 0.3) is 0 Å². The molecule has 23 heavy (non-hydrogen) atoms. The van der Waals surface area contributed by atoms with Crippen LogP contribution < -0.4 is 10.9 Å². The van der Waals surface area contributed by atoms with Crippen molar-refractivity contribution in [1.29, 1.82) is 0 Å². The number of benzene rings is 1. The summed E-state index contributed by atoms with van der Waals surface area (Å²) in [6.07, 6.45) is 1.11. The van der Waals surface area contributed by atoms with Gasteiger partial charge in [0.1, 0.15) is 0 Å². The number of hydrazine groups is 1. The predicted molar refractivity (Wildman–Crippen MR) is 84.3 cm³/mol. The van der Waals surface area contributed by atoms with Gasteiger partial charge >= 0.3 is 5.97 Å². The van der Waals surface area contributed by atoms with Crippen LogP contribution in [0.2, 0.25) is 0 Å². The van der Waals surface area contributed by atoms with E-state index in [0.717, 1.165) is 0 Å². The zero-order valence-corrected chi connectivity index (χ0v) is 13.6. The molecular formula is C17H22N2O4. The molecule has 2 amide bonds. The highest BCUT2D eigenvalue weighted by atomic mass is 16.4. The molecule has 124 valence electrons. The van der Waals surface area contributed by atoms with Crippen molar-refractivity contribution in [3.05, 3.63) is 35.9 Å². The standard InChI is InChI=1S/C17H22N2O4/c1-16(2)10-9-12(17(16,3)15(22)23)14(21)19-18-13(20)11-7-5-4-6-8-11/h4-8,12H,9-10H2,1-3H3,(H,18,20)(H,19,21)(H,22,23). The van der Waals surface area contributed by atoms with Crippen molar-refractivity contribution in [2.75, 3.05) is 0 Å². The lowest BCUT2D eigenvalue weighted by molar-refractivity contribution is -0.160. The molecule has 6 heteroatoms. The second kappa shape index (κ2) is 6.02. The van der Waals surface area contributed by atoms with Gasteiger partial charge in [-0.1, -0.05) is 32.0 Å². The van der Waals surface area contributed by atoms with Crippen LogP contribution in [0, 0.1) is 16.7 Å². The van der Waals surface area contributed by atoms with Crippen LogP contribution in [0.5, 0.6) is 0 Å². The van der Waals surface area contributed by atoms with Crippen LogP contribution in [0.15, 0.2) is 30.3 Å². The van der Waals surface area contributed by atoms with Crippen molar-refractivity contribution >= 4 is 17.8 Å². The van der Waals surface area contributed by atoms with Gasteiger partial charge in [0, 0.05) is 5.56 Å². The Labute approximate surface area is 135 Å². The van der Waals surface area contributed by atoms with E-state index >= 15 is 0 Å². The Morgan fingerprint density at radius 3 is 2.26 bits per heavy atom. The summed E-state index contributed by atoms with van der Waals surface area (Å²) in [4.78, 5) is 36.1. The third kappa shape index (κ3) is 2.93. The number of amides is 2. The Hall–Kier alpha value is -2.37. The van der Waals surface area contributed by atoms with E-state index in [2.05, 4.69) is 10.9 Å². The van der Waals surface area contributed by atoms with E-state index in [1.165, 1.54) is 0 Å². The molecule has 2 unspecified atom stereocenters. The molecule has 2 atom stereocenters. The Kier molecular flexibility index (Phi) is 4.45. The van der Waals surface area contributed by atoms with Gasteiger partial charge in [0.05, 0.1) is 11.3 Å².